The van der Waals surface area contributed by atoms with Gasteiger partial charge >= 0.3 is 0 Å². The Labute approximate surface area is 95.9 Å². The topological polar surface area (TPSA) is 34.1 Å². The molecule has 0 aromatic carbocycles. The normalized spacial score (nSPS) is 13.0. The lowest BCUT2D eigenvalue weighted by Gasteiger charge is -2.14. The first-order chi connectivity index (χ1) is 7.26. The minimum absolute atomic E-state index is 0.373. The van der Waals surface area contributed by atoms with E-state index in [9.17, 15) is 0 Å². The van der Waals surface area contributed by atoms with Crippen molar-refractivity contribution in [3.63, 3.8) is 0 Å². The van der Waals surface area contributed by atoms with Crippen LogP contribution < -0.4 is 5.32 Å². The van der Waals surface area contributed by atoms with Crippen LogP contribution in [0.5, 0.6) is 0 Å². The number of nitrogens with zero attached hydrogens (tertiary/aromatic N) is 1. The van der Waals surface area contributed by atoms with Crippen molar-refractivity contribution in [3.05, 3.63) is 16.1 Å². The lowest BCUT2D eigenvalue weighted by molar-refractivity contribution is 0.113. The van der Waals surface area contributed by atoms with Crippen LogP contribution in [0.4, 0.5) is 0 Å². The second-order valence-electron chi connectivity index (χ2n) is 3.62. The summed E-state index contributed by atoms with van der Waals surface area (Å²) < 4.78 is 5.53. The van der Waals surface area contributed by atoms with E-state index in [2.05, 4.69) is 22.6 Å². The van der Waals surface area contributed by atoms with Gasteiger partial charge in [-0.25, -0.2) is 4.98 Å². The van der Waals surface area contributed by atoms with Crippen LogP contribution in [0, 0.1) is 6.92 Å². The molecule has 0 fully saturated rings. The molecule has 1 unspecified atom stereocenters. The quantitative estimate of drug-likeness (QED) is 0.725. The Balaban J connectivity index is 2.33. The van der Waals surface area contributed by atoms with Gasteiger partial charge in [-0.2, -0.15) is 0 Å². The molecule has 1 aromatic heterocycles. The zero-order chi connectivity index (χ0) is 11.1. The fraction of sp³-hybridized carbons (Fsp3) is 0.727. The van der Waals surface area contributed by atoms with Gasteiger partial charge in [0.05, 0.1) is 17.3 Å². The highest BCUT2D eigenvalue weighted by Gasteiger charge is 2.09. The predicted octanol–water partition coefficient (Wildman–Crippen LogP) is 2.01. The van der Waals surface area contributed by atoms with Gasteiger partial charge in [0.15, 0.2) is 0 Å². The Morgan fingerprint density at radius 1 is 1.60 bits per heavy atom. The van der Waals surface area contributed by atoms with Crippen LogP contribution in [0.2, 0.25) is 0 Å². The average molecular weight is 228 g/mol. The number of likely N-dealkylation sites (N-methyl/N-ethyl adjacent to an activating group) is 1. The summed E-state index contributed by atoms with van der Waals surface area (Å²) in [6.07, 6.45) is 2.02. The third-order valence-corrected chi connectivity index (χ3v) is 3.02. The lowest BCUT2D eigenvalue weighted by atomic mass is 10.2. The Bertz CT molecular complexity index is 275. The number of aryl methyl sites for hydroxylation is 1. The first-order valence-electron chi connectivity index (χ1n) is 5.42. The van der Waals surface area contributed by atoms with Crippen molar-refractivity contribution in [1.82, 2.24) is 10.3 Å². The van der Waals surface area contributed by atoms with E-state index in [0.717, 1.165) is 36.8 Å². The summed E-state index contributed by atoms with van der Waals surface area (Å²) in [5.74, 6) is 0. The van der Waals surface area contributed by atoms with Crippen molar-refractivity contribution >= 4 is 11.3 Å². The highest BCUT2D eigenvalue weighted by atomic mass is 32.1. The molecular formula is C11H20N2OS. The first-order valence-corrected chi connectivity index (χ1v) is 6.30. The summed E-state index contributed by atoms with van der Waals surface area (Å²) in [5.41, 5.74) is 1.16. The number of rotatable bonds is 7. The maximum atomic E-state index is 5.53. The van der Waals surface area contributed by atoms with Gasteiger partial charge in [0.1, 0.15) is 0 Å². The Kier molecular flexibility index (Phi) is 5.83. The Hall–Kier alpha value is -0.450. The van der Waals surface area contributed by atoms with Crippen LogP contribution in [-0.2, 0) is 11.2 Å². The summed E-state index contributed by atoms with van der Waals surface area (Å²) in [7, 11) is 1.97. The van der Waals surface area contributed by atoms with Gasteiger partial charge in [0, 0.05) is 24.4 Å². The van der Waals surface area contributed by atoms with Gasteiger partial charge in [-0.3, -0.25) is 0 Å². The SMILES string of the molecule is CCCOCC(Cc1csc(C)n1)NC. The molecule has 0 amide bonds. The maximum absolute atomic E-state index is 5.53. The van der Waals surface area contributed by atoms with E-state index in [1.165, 1.54) is 0 Å². The predicted molar refractivity (Wildman–Crippen MR) is 64.5 cm³/mol. The summed E-state index contributed by atoms with van der Waals surface area (Å²) in [6, 6.07) is 0.373. The Morgan fingerprint density at radius 2 is 2.40 bits per heavy atom. The molecule has 3 nitrogen and oxygen atoms in total. The molecule has 0 radical (unpaired) electrons. The third-order valence-electron chi connectivity index (χ3n) is 2.20. The molecule has 1 heterocycles. The molecule has 0 aliphatic heterocycles. The first kappa shape index (κ1) is 12.6. The van der Waals surface area contributed by atoms with Crippen LogP contribution in [0.1, 0.15) is 24.0 Å². The molecule has 15 heavy (non-hydrogen) atoms. The molecule has 0 saturated carbocycles. The van der Waals surface area contributed by atoms with E-state index >= 15 is 0 Å². The second kappa shape index (κ2) is 6.93. The number of ether oxygens (including phenoxy) is 1. The molecule has 1 aromatic rings. The number of thiazole rings is 1. The molecule has 1 atom stereocenters. The molecular weight excluding hydrogens is 208 g/mol. The lowest BCUT2D eigenvalue weighted by Crippen LogP contribution is -2.32. The van der Waals surface area contributed by atoms with Gasteiger partial charge in [-0.05, 0) is 20.4 Å². The largest absolute Gasteiger partial charge is 0.380 e. The maximum Gasteiger partial charge on any atom is 0.0897 e. The molecule has 4 heteroatoms. The third kappa shape index (κ3) is 4.73. The summed E-state index contributed by atoms with van der Waals surface area (Å²) in [6.45, 7) is 5.77. The Morgan fingerprint density at radius 3 is 2.93 bits per heavy atom. The monoisotopic (exact) mass is 228 g/mol. The van der Waals surface area contributed by atoms with Gasteiger partial charge in [-0.1, -0.05) is 6.92 Å². The van der Waals surface area contributed by atoms with E-state index < -0.39 is 0 Å². The van der Waals surface area contributed by atoms with Crippen LogP contribution in [0.3, 0.4) is 0 Å². The van der Waals surface area contributed by atoms with Gasteiger partial charge in [0.2, 0.25) is 0 Å². The van der Waals surface area contributed by atoms with E-state index in [-0.39, 0.29) is 0 Å². The van der Waals surface area contributed by atoms with Crippen molar-refractivity contribution < 1.29 is 4.74 Å². The number of hydrogen-bond acceptors (Lipinski definition) is 4. The minimum Gasteiger partial charge on any atom is -0.380 e. The molecule has 86 valence electrons. The fourth-order valence-electron chi connectivity index (χ4n) is 1.37. The fourth-order valence-corrected chi connectivity index (χ4v) is 1.99. The number of hydrogen-bond donors (Lipinski definition) is 1. The molecule has 1 N–H and O–H groups in total. The van der Waals surface area contributed by atoms with Crippen molar-refractivity contribution in [2.24, 2.45) is 0 Å². The van der Waals surface area contributed by atoms with E-state index in [4.69, 9.17) is 4.74 Å². The standard InChI is InChI=1S/C11H20N2OS/c1-4-5-14-7-10(12-3)6-11-8-15-9(2)13-11/h8,10,12H,4-7H2,1-3H3. The zero-order valence-corrected chi connectivity index (χ0v) is 10.6. The highest BCUT2D eigenvalue weighted by Crippen LogP contribution is 2.10. The average Bonchev–Trinajstić information content (AvgIpc) is 2.63. The van der Waals surface area contributed by atoms with Crippen LogP contribution >= 0.6 is 11.3 Å². The molecule has 0 saturated heterocycles. The molecule has 0 aliphatic rings. The van der Waals surface area contributed by atoms with Crippen LogP contribution in [-0.4, -0.2) is 31.3 Å². The number of aromatic nitrogens is 1. The van der Waals surface area contributed by atoms with E-state index in [0.29, 0.717) is 6.04 Å². The van der Waals surface area contributed by atoms with Gasteiger partial charge < -0.3 is 10.1 Å². The smallest absolute Gasteiger partial charge is 0.0897 e. The second-order valence-corrected chi connectivity index (χ2v) is 4.68. The van der Waals surface area contributed by atoms with Crippen molar-refractivity contribution in [3.8, 4) is 0 Å². The highest BCUT2D eigenvalue weighted by molar-refractivity contribution is 7.09. The molecule has 0 bridgehead atoms. The van der Waals surface area contributed by atoms with E-state index in [1.54, 1.807) is 11.3 Å². The van der Waals surface area contributed by atoms with Crippen LogP contribution in [0.25, 0.3) is 0 Å². The van der Waals surface area contributed by atoms with Gasteiger partial charge in [-0.15, -0.1) is 11.3 Å². The summed E-state index contributed by atoms with van der Waals surface area (Å²) >= 11 is 1.71. The zero-order valence-electron chi connectivity index (χ0n) is 9.75. The summed E-state index contributed by atoms with van der Waals surface area (Å²) in [4.78, 5) is 4.45. The van der Waals surface area contributed by atoms with Crippen LogP contribution in [0.15, 0.2) is 5.38 Å². The van der Waals surface area contributed by atoms with Crippen molar-refractivity contribution in [1.29, 1.82) is 0 Å². The number of nitrogens with one attached hydrogen (secondary N) is 1. The summed E-state index contributed by atoms with van der Waals surface area (Å²) in [5, 5.41) is 6.52. The molecule has 0 spiro atoms. The minimum atomic E-state index is 0.373. The van der Waals surface area contributed by atoms with Crippen molar-refractivity contribution in [2.75, 3.05) is 20.3 Å². The van der Waals surface area contributed by atoms with Crippen molar-refractivity contribution in [2.45, 2.75) is 32.7 Å². The van der Waals surface area contributed by atoms with Gasteiger partial charge in [0.25, 0.3) is 0 Å². The molecule has 0 aliphatic carbocycles. The molecule has 1 rings (SSSR count). The van der Waals surface area contributed by atoms with E-state index in [1.807, 2.05) is 14.0 Å².